The molecule has 0 fully saturated rings. The van der Waals surface area contributed by atoms with E-state index < -0.39 is 61.1 Å². The highest BCUT2D eigenvalue weighted by molar-refractivity contribution is 7.94. The van der Waals surface area contributed by atoms with Gasteiger partial charge in [-0.1, -0.05) is 5.04 Å². The molecule has 5 aromatic rings. The van der Waals surface area contributed by atoms with Crippen LogP contribution < -0.4 is 20.8 Å². The van der Waals surface area contributed by atoms with E-state index in [2.05, 4.69) is 40.1 Å². The molecule has 0 aliphatic rings. The second kappa shape index (κ2) is 17.6. The lowest BCUT2D eigenvalue weighted by Crippen LogP contribution is -2.30. The number of pyridine rings is 1. The van der Waals surface area contributed by atoms with E-state index in [0.29, 0.717) is 6.07 Å². The van der Waals surface area contributed by atoms with E-state index in [4.69, 9.17) is 20.5 Å². The summed E-state index contributed by atoms with van der Waals surface area (Å²) in [6, 6.07) is 9.09. The van der Waals surface area contributed by atoms with E-state index in [1.54, 1.807) is 6.92 Å². The molecule has 5 rings (SSSR count). The minimum absolute atomic E-state index is 0.00197. The van der Waals surface area contributed by atoms with Crippen LogP contribution in [0.5, 0.6) is 28.9 Å². The number of hydrogen-bond donors (Lipinski definition) is 7. The number of carbonyl (C=O) groups excluding carboxylic acids is 1. The molecular weight excluding hydrogens is 825 g/mol. The first-order valence-electron chi connectivity index (χ1n) is 16.2. The number of ether oxygens (including phenoxy) is 2. The number of aromatic hydroxyl groups is 3. The molecule has 0 atom stereocenters. The number of carboxylic acids is 1. The van der Waals surface area contributed by atoms with Crippen molar-refractivity contribution in [1.29, 1.82) is 0 Å². The topological polar surface area (TPSA) is 349 Å². The second-order valence-corrected chi connectivity index (χ2v) is 13.9. The highest BCUT2D eigenvalue weighted by Gasteiger charge is 2.24. The number of benzene rings is 4. The molecule has 1 aromatic heterocycles. The average Bonchev–Trinajstić information content (AvgIpc) is 3.18. The van der Waals surface area contributed by atoms with Crippen LogP contribution in [0, 0.1) is 6.92 Å². The maximum atomic E-state index is 12.7. The molecule has 1 amide bonds. The highest BCUT2D eigenvalue weighted by Crippen LogP contribution is 2.48. The van der Waals surface area contributed by atoms with Gasteiger partial charge in [-0.3, -0.25) is 18.7 Å². The SMILES string of the molecule is CCn1c(O)c(/N=N/c2cc(OC)c(/N=N/c3ccc(/N=N/c4c(SOOO)cc5cc(S(=O)(=O)O)cc(O)c5c4O)c(C(=O)O)c3)cc2OC)c(C)c(C(N)=O)c1=O. The Hall–Kier alpha value is -7.03. The lowest BCUT2D eigenvalue weighted by Gasteiger charge is -2.13. The number of phenolic OH excluding ortho intramolecular Hbond substituents is 2. The normalized spacial score (nSPS) is 12.0. The molecule has 23 nitrogen and oxygen atoms in total. The molecule has 8 N–H and O–H groups in total. The van der Waals surface area contributed by atoms with Gasteiger partial charge >= 0.3 is 5.97 Å². The molecule has 25 heteroatoms. The Kier molecular flexibility index (Phi) is 12.9. The van der Waals surface area contributed by atoms with Crippen LogP contribution in [0.4, 0.5) is 34.1 Å². The number of carbonyl (C=O) groups is 2. The van der Waals surface area contributed by atoms with E-state index in [1.807, 2.05) is 0 Å². The van der Waals surface area contributed by atoms with E-state index in [1.165, 1.54) is 45.4 Å². The first kappa shape index (κ1) is 43.1. The predicted octanol–water partition coefficient (Wildman–Crippen LogP) is 7.18. The zero-order valence-corrected chi connectivity index (χ0v) is 32.3. The summed E-state index contributed by atoms with van der Waals surface area (Å²) >= 11 is 0.270. The molecule has 59 heavy (non-hydrogen) atoms. The number of hydrogen-bond acceptors (Lipinski definition) is 20. The summed E-state index contributed by atoms with van der Waals surface area (Å²) in [6.45, 7) is 2.94. The Morgan fingerprint density at radius 3 is 2.03 bits per heavy atom. The van der Waals surface area contributed by atoms with Crippen LogP contribution in [0.1, 0.15) is 33.2 Å². The van der Waals surface area contributed by atoms with Crippen molar-refractivity contribution in [3.63, 3.8) is 0 Å². The first-order chi connectivity index (χ1) is 27.9. The van der Waals surface area contributed by atoms with Gasteiger partial charge in [0, 0.05) is 30.3 Å². The molecule has 0 radical (unpaired) electrons. The zero-order valence-electron chi connectivity index (χ0n) is 30.7. The van der Waals surface area contributed by atoms with Gasteiger partial charge in [-0.2, -0.15) is 13.5 Å². The number of nitrogens with two attached hydrogens (primary N) is 1. The van der Waals surface area contributed by atoms with Crippen LogP contribution in [0.25, 0.3) is 10.8 Å². The van der Waals surface area contributed by atoms with E-state index in [0.717, 1.165) is 22.8 Å². The van der Waals surface area contributed by atoms with Crippen LogP contribution >= 0.6 is 12.0 Å². The summed E-state index contributed by atoms with van der Waals surface area (Å²) < 4.78 is 49.0. The fourth-order valence-corrected chi connectivity index (χ4v) is 6.53. The van der Waals surface area contributed by atoms with Crippen molar-refractivity contribution >= 4 is 78.9 Å². The Morgan fingerprint density at radius 1 is 0.864 bits per heavy atom. The molecule has 0 saturated carbocycles. The number of rotatable bonds is 15. The minimum atomic E-state index is -4.78. The van der Waals surface area contributed by atoms with Crippen LogP contribution in [-0.4, -0.2) is 69.3 Å². The van der Waals surface area contributed by atoms with E-state index >= 15 is 0 Å². The van der Waals surface area contributed by atoms with Crippen molar-refractivity contribution in [3.8, 4) is 28.9 Å². The number of primary amides is 1. The van der Waals surface area contributed by atoms with Gasteiger partial charge in [0.25, 0.3) is 21.6 Å². The summed E-state index contributed by atoms with van der Waals surface area (Å²) in [7, 11) is -2.15. The number of phenols is 2. The maximum Gasteiger partial charge on any atom is 0.338 e. The Bertz CT molecular complexity index is 2790. The van der Waals surface area contributed by atoms with Crippen molar-refractivity contribution in [1.82, 2.24) is 4.57 Å². The molecular formula is C34H30N8O15S2. The zero-order chi connectivity index (χ0) is 43.3. The molecule has 4 aromatic carbocycles. The van der Waals surface area contributed by atoms with Crippen LogP contribution in [-0.2, 0) is 26.0 Å². The Morgan fingerprint density at radius 2 is 1.47 bits per heavy atom. The highest BCUT2D eigenvalue weighted by atomic mass is 32.2. The molecule has 308 valence electrons. The third kappa shape index (κ3) is 8.93. The molecule has 0 aliphatic carbocycles. The maximum absolute atomic E-state index is 12.7. The minimum Gasteiger partial charge on any atom is -0.507 e. The van der Waals surface area contributed by atoms with Crippen LogP contribution in [0.3, 0.4) is 0 Å². The summed E-state index contributed by atoms with van der Waals surface area (Å²) in [5.74, 6) is -4.43. The number of aromatic carboxylic acids is 1. The van der Waals surface area contributed by atoms with Gasteiger partial charge in [-0.15, -0.1) is 29.9 Å². The van der Waals surface area contributed by atoms with E-state index in [9.17, 15) is 47.8 Å². The number of aromatic nitrogens is 1. The molecule has 0 spiro atoms. The quantitative estimate of drug-likeness (QED) is 0.0180. The number of amides is 1. The average molecular weight is 855 g/mol. The van der Waals surface area contributed by atoms with Crippen LogP contribution in [0.15, 0.2) is 93.8 Å². The van der Waals surface area contributed by atoms with Crippen molar-refractivity contribution in [2.75, 3.05) is 14.2 Å². The van der Waals surface area contributed by atoms with E-state index in [-0.39, 0.29) is 85.3 Å². The van der Waals surface area contributed by atoms with Gasteiger partial charge < -0.3 is 35.6 Å². The largest absolute Gasteiger partial charge is 0.507 e. The number of fused-ring (bicyclic) bond motifs is 1. The lowest BCUT2D eigenvalue weighted by atomic mass is 10.1. The standard InChI is InChI=1S/C34H30N8O15S2/c1-5-42-32(46)26(31(35)45)14(2)28(33(42)47)40-39-21-13-23(54-3)20(12-24(21)55-4)38-36-16-6-7-19(18(10-16)34(48)49)37-41-29-25(58-57-56-50)9-15-8-17(59(51,52)53)11-22(43)27(15)30(29)44/h6-13,43-44,47,50H,5H2,1-4H3,(H2,35,45)(H,48,49)(H,51,52,53)/b38-36+,40-39+,41-37+. The van der Waals surface area contributed by atoms with Gasteiger partial charge in [0.15, 0.2) is 5.75 Å². The van der Waals surface area contributed by atoms with Gasteiger partial charge in [-0.05, 0) is 49.6 Å². The van der Waals surface area contributed by atoms with Crippen molar-refractivity contribution in [2.24, 2.45) is 36.4 Å². The predicted molar refractivity (Wildman–Crippen MR) is 205 cm³/mol. The summed E-state index contributed by atoms with van der Waals surface area (Å²) in [6.07, 6.45) is 0. The molecule has 0 unspecified atom stereocenters. The third-order valence-corrected chi connectivity index (χ3v) is 9.70. The smallest absolute Gasteiger partial charge is 0.338 e. The molecule has 1 heterocycles. The van der Waals surface area contributed by atoms with Crippen molar-refractivity contribution in [2.45, 2.75) is 30.2 Å². The second-order valence-electron chi connectivity index (χ2n) is 11.7. The summed E-state index contributed by atoms with van der Waals surface area (Å²) in [5, 5.41) is 78.4. The number of carboxylic acid groups (broad SMARTS) is 1. The number of nitrogens with zero attached hydrogens (tertiary/aromatic N) is 7. The molecule has 0 bridgehead atoms. The first-order valence-corrected chi connectivity index (χ1v) is 18.4. The Balaban J connectivity index is 1.51. The van der Waals surface area contributed by atoms with Gasteiger partial charge in [0.2, 0.25) is 5.88 Å². The third-order valence-electron chi connectivity index (χ3n) is 8.25. The molecule has 0 saturated heterocycles. The van der Waals surface area contributed by atoms with Gasteiger partial charge in [0.05, 0.1) is 52.7 Å². The molecule has 0 aliphatic heterocycles. The van der Waals surface area contributed by atoms with Crippen LogP contribution in [0.2, 0.25) is 0 Å². The van der Waals surface area contributed by atoms with Crippen molar-refractivity contribution in [3.05, 3.63) is 75.6 Å². The lowest BCUT2D eigenvalue weighted by molar-refractivity contribution is -0.432. The number of azo groups is 3. The number of methoxy groups -OCH3 is 2. The monoisotopic (exact) mass is 854 g/mol. The fourth-order valence-electron chi connectivity index (χ4n) is 5.49. The van der Waals surface area contributed by atoms with Gasteiger partial charge in [0.1, 0.15) is 51.2 Å². The summed E-state index contributed by atoms with van der Waals surface area (Å²) in [4.78, 5) is 36.1. The fraction of sp³-hybridized carbons (Fsp3) is 0.147. The van der Waals surface area contributed by atoms with Gasteiger partial charge in [-0.25, -0.2) is 10.1 Å². The van der Waals surface area contributed by atoms with Crippen molar-refractivity contribution < 1.29 is 67.1 Å². The Labute approximate surface area is 335 Å². The summed E-state index contributed by atoms with van der Waals surface area (Å²) in [5.41, 5.74) is 3.05.